The van der Waals surface area contributed by atoms with Gasteiger partial charge in [-0.1, -0.05) is 42.5 Å². The van der Waals surface area contributed by atoms with Crippen molar-refractivity contribution in [2.45, 2.75) is 38.9 Å². The van der Waals surface area contributed by atoms with Crippen LogP contribution in [0.2, 0.25) is 0 Å². The number of para-hydroxylation sites is 1. The SMILES string of the molecule is CC(C)Nc1ccccc1C(=O)NC1CCN(Cc2ccccc2)C1. The molecule has 1 aliphatic rings. The molecular formula is C21H27N3O. The third-order valence-corrected chi connectivity index (χ3v) is 4.47. The predicted octanol–water partition coefficient (Wildman–Crippen LogP) is 3.51. The third-order valence-electron chi connectivity index (χ3n) is 4.47. The van der Waals surface area contributed by atoms with Crippen molar-refractivity contribution in [3.05, 3.63) is 65.7 Å². The van der Waals surface area contributed by atoms with Gasteiger partial charge in [-0.2, -0.15) is 0 Å². The van der Waals surface area contributed by atoms with E-state index in [2.05, 4.69) is 53.6 Å². The number of nitrogens with one attached hydrogen (secondary N) is 2. The number of amides is 1. The molecule has 2 aromatic carbocycles. The summed E-state index contributed by atoms with van der Waals surface area (Å²) in [4.78, 5) is 15.1. The fourth-order valence-corrected chi connectivity index (χ4v) is 3.32. The second-order valence-corrected chi connectivity index (χ2v) is 7.02. The van der Waals surface area contributed by atoms with Gasteiger partial charge in [0.15, 0.2) is 0 Å². The first-order valence-electron chi connectivity index (χ1n) is 9.04. The first-order valence-corrected chi connectivity index (χ1v) is 9.04. The van der Waals surface area contributed by atoms with E-state index in [4.69, 9.17) is 0 Å². The molecule has 0 saturated carbocycles. The molecule has 0 aromatic heterocycles. The van der Waals surface area contributed by atoms with Crippen LogP contribution in [0.15, 0.2) is 54.6 Å². The van der Waals surface area contributed by atoms with E-state index in [0.717, 1.165) is 37.3 Å². The summed E-state index contributed by atoms with van der Waals surface area (Å²) in [6.07, 6.45) is 0.998. The van der Waals surface area contributed by atoms with Crippen LogP contribution in [0, 0.1) is 0 Å². The van der Waals surface area contributed by atoms with Gasteiger partial charge in [0.2, 0.25) is 0 Å². The molecule has 4 heteroatoms. The number of hydrogen-bond donors (Lipinski definition) is 2. The molecule has 4 nitrogen and oxygen atoms in total. The van der Waals surface area contributed by atoms with Crippen LogP contribution in [-0.4, -0.2) is 36.0 Å². The van der Waals surface area contributed by atoms with Gasteiger partial charge in [0.25, 0.3) is 5.91 Å². The lowest BCUT2D eigenvalue weighted by Crippen LogP contribution is -2.37. The van der Waals surface area contributed by atoms with Crippen LogP contribution >= 0.6 is 0 Å². The van der Waals surface area contributed by atoms with Crippen molar-refractivity contribution in [1.82, 2.24) is 10.2 Å². The van der Waals surface area contributed by atoms with Crippen LogP contribution < -0.4 is 10.6 Å². The monoisotopic (exact) mass is 337 g/mol. The molecule has 132 valence electrons. The van der Waals surface area contributed by atoms with Gasteiger partial charge in [0.1, 0.15) is 0 Å². The molecule has 2 N–H and O–H groups in total. The third kappa shape index (κ3) is 4.83. The zero-order valence-corrected chi connectivity index (χ0v) is 15.0. The first kappa shape index (κ1) is 17.5. The molecule has 1 amide bonds. The highest BCUT2D eigenvalue weighted by atomic mass is 16.1. The average Bonchev–Trinajstić information content (AvgIpc) is 3.02. The molecule has 1 atom stereocenters. The summed E-state index contributed by atoms with van der Waals surface area (Å²) >= 11 is 0. The molecule has 1 heterocycles. The van der Waals surface area contributed by atoms with Crippen LogP contribution in [-0.2, 0) is 6.54 Å². The number of carbonyl (C=O) groups excluding carboxylic acids is 1. The number of likely N-dealkylation sites (tertiary alicyclic amines) is 1. The van der Waals surface area contributed by atoms with Crippen molar-refractivity contribution in [2.24, 2.45) is 0 Å². The van der Waals surface area contributed by atoms with Crippen LogP contribution in [0.4, 0.5) is 5.69 Å². The maximum atomic E-state index is 12.7. The van der Waals surface area contributed by atoms with Crippen molar-refractivity contribution in [3.8, 4) is 0 Å². The lowest BCUT2D eigenvalue weighted by molar-refractivity contribution is 0.0938. The standard InChI is InChI=1S/C21H27N3O/c1-16(2)22-20-11-7-6-10-19(20)21(25)23-18-12-13-24(15-18)14-17-8-4-3-5-9-17/h3-11,16,18,22H,12-15H2,1-2H3,(H,23,25). The van der Waals surface area contributed by atoms with Crippen LogP contribution in [0.1, 0.15) is 36.2 Å². The number of benzene rings is 2. The van der Waals surface area contributed by atoms with E-state index < -0.39 is 0 Å². The molecule has 0 radical (unpaired) electrons. The van der Waals surface area contributed by atoms with Crippen molar-refractivity contribution in [2.75, 3.05) is 18.4 Å². The summed E-state index contributed by atoms with van der Waals surface area (Å²) in [6, 6.07) is 18.7. The molecule has 0 spiro atoms. The van der Waals surface area contributed by atoms with E-state index in [0.29, 0.717) is 6.04 Å². The van der Waals surface area contributed by atoms with Gasteiger partial charge in [-0.3, -0.25) is 9.69 Å². The average molecular weight is 337 g/mol. The molecule has 0 aliphatic carbocycles. The predicted molar refractivity (Wildman–Crippen MR) is 103 cm³/mol. The molecule has 0 bridgehead atoms. The number of nitrogens with zero attached hydrogens (tertiary/aromatic N) is 1. The highest BCUT2D eigenvalue weighted by molar-refractivity contribution is 5.99. The summed E-state index contributed by atoms with van der Waals surface area (Å²) < 4.78 is 0. The topological polar surface area (TPSA) is 44.4 Å². The van der Waals surface area contributed by atoms with Crippen molar-refractivity contribution < 1.29 is 4.79 Å². The summed E-state index contributed by atoms with van der Waals surface area (Å²) in [5.41, 5.74) is 2.94. The Morgan fingerprint density at radius 3 is 2.60 bits per heavy atom. The summed E-state index contributed by atoms with van der Waals surface area (Å²) in [6.45, 7) is 7.02. The summed E-state index contributed by atoms with van der Waals surface area (Å²) in [5.74, 6) is 0.00955. The quantitative estimate of drug-likeness (QED) is 0.848. The smallest absolute Gasteiger partial charge is 0.253 e. The summed E-state index contributed by atoms with van der Waals surface area (Å²) in [7, 11) is 0. The Kier molecular flexibility index (Phi) is 5.71. The fourth-order valence-electron chi connectivity index (χ4n) is 3.32. The summed E-state index contributed by atoms with van der Waals surface area (Å²) in [5, 5.41) is 6.55. The van der Waals surface area contributed by atoms with Crippen LogP contribution in [0.3, 0.4) is 0 Å². The van der Waals surface area contributed by atoms with Gasteiger partial charge in [0.05, 0.1) is 5.56 Å². The number of rotatable bonds is 6. The lowest BCUT2D eigenvalue weighted by atomic mass is 10.1. The lowest BCUT2D eigenvalue weighted by Gasteiger charge is -2.18. The van der Waals surface area contributed by atoms with Crippen LogP contribution in [0.25, 0.3) is 0 Å². The Bertz CT molecular complexity index is 699. The van der Waals surface area contributed by atoms with Gasteiger partial charge in [-0.25, -0.2) is 0 Å². The van der Waals surface area contributed by atoms with Crippen molar-refractivity contribution in [3.63, 3.8) is 0 Å². The fraction of sp³-hybridized carbons (Fsp3) is 0.381. The van der Waals surface area contributed by atoms with Gasteiger partial charge in [0, 0.05) is 37.4 Å². The highest BCUT2D eigenvalue weighted by Crippen LogP contribution is 2.18. The van der Waals surface area contributed by atoms with E-state index >= 15 is 0 Å². The van der Waals surface area contributed by atoms with Gasteiger partial charge in [-0.05, 0) is 38.0 Å². The first-order chi connectivity index (χ1) is 12.1. The van der Waals surface area contributed by atoms with E-state index in [9.17, 15) is 4.79 Å². The number of hydrogen-bond acceptors (Lipinski definition) is 3. The highest BCUT2D eigenvalue weighted by Gasteiger charge is 2.24. The Balaban J connectivity index is 1.57. The Hall–Kier alpha value is -2.33. The molecule has 25 heavy (non-hydrogen) atoms. The minimum Gasteiger partial charge on any atom is -0.382 e. The van der Waals surface area contributed by atoms with Gasteiger partial charge in [-0.15, -0.1) is 0 Å². The van der Waals surface area contributed by atoms with Crippen molar-refractivity contribution >= 4 is 11.6 Å². The van der Waals surface area contributed by atoms with E-state index in [1.807, 2.05) is 30.3 Å². The zero-order valence-electron chi connectivity index (χ0n) is 15.0. The van der Waals surface area contributed by atoms with E-state index in [1.165, 1.54) is 5.56 Å². The molecule has 1 aliphatic heterocycles. The Morgan fingerprint density at radius 2 is 1.84 bits per heavy atom. The second kappa shape index (κ2) is 8.17. The molecule has 1 fully saturated rings. The Morgan fingerprint density at radius 1 is 1.12 bits per heavy atom. The molecule has 1 unspecified atom stereocenters. The molecule has 2 aromatic rings. The Labute approximate surface area is 150 Å². The van der Waals surface area contributed by atoms with Gasteiger partial charge < -0.3 is 10.6 Å². The van der Waals surface area contributed by atoms with Crippen LogP contribution in [0.5, 0.6) is 0 Å². The second-order valence-electron chi connectivity index (χ2n) is 7.02. The van der Waals surface area contributed by atoms with E-state index in [-0.39, 0.29) is 11.9 Å². The number of carbonyl (C=O) groups is 1. The zero-order chi connectivity index (χ0) is 17.6. The molecule has 1 saturated heterocycles. The minimum absolute atomic E-state index is 0.00955. The van der Waals surface area contributed by atoms with Gasteiger partial charge >= 0.3 is 0 Å². The maximum Gasteiger partial charge on any atom is 0.253 e. The van der Waals surface area contributed by atoms with E-state index in [1.54, 1.807) is 0 Å². The molecule has 3 rings (SSSR count). The van der Waals surface area contributed by atoms with Crippen molar-refractivity contribution in [1.29, 1.82) is 0 Å². The number of anilines is 1. The largest absolute Gasteiger partial charge is 0.382 e. The maximum absolute atomic E-state index is 12.7. The normalized spacial score (nSPS) is 17.6. The molecular weight excluding hydrogens is 310 g/mol. The minimum atomic E-state index is 0.00955.